The molecule has 1 aromatic carbocycles. The molecular formula is C18H26N5O3+. The Balaban J connectivity index is 1.65. The highest BCUT2D eigenvalue weighted by molar-refractivity contribution is 6.05. The minimum absolute atomic E-state index is 0.0609. The van der Waals surface area contributed by atoms with E-state index >= 15 is 0 Å². The van der Waals surface area contributed by atoms with Gasteiger partial charge in [0.1, 0.15) is 11.8 Å². The van der Waals surface area contributed by atoms with Gasteiger partial charge < -0.3 is 19.9 Å². The van der Waals surface area contributed by atoms with Gasteiger partial charge in [0.25, 0.3) is 0 Å². The van der Waals surface area contributed by atoms with Crippen LogP contribution < -0.4 is 20.3 Å². The summed E-state index contributed by atoms with van der Waals surface area (Å²) in [5.41, 5.74) is 0.657. The lowest BCUT2D eigenvalue weighted by Gasteiger charge is -2.34. The lowest BCUT2D eigenvalue weighted by molar-refractivity contribution is -0.883. The number of hydrogen-bond acceptors (Lipinski definition) is 5. The molecule has 2 amide bonds. The smallest absolute Gasteiger partial charge is 0.249 e. The lowest BCUT2D eigenvalue weighted by atomic mass is 10.1. The van der Waals surface area contributed by atoms with E-state index in [-0.39, 0.29) is 18.2 Å². The number of quaternary nitrogens is 1. The first kappa shape index (κ1) is 18.2. The molecule has 2 aliphatic rings. The number of ether oxygens (including phenoxy) is 1. The van der Waals surface area contributed by atoms with Gasteiger partial charge in [0.05, 0.1) is 46.3 Å². The molecule has 0 radical (unpaired) electrons. The number of amides is 2. The Bertz CT molecular complexity index is 681. The van der Waals surface area contributed by atoms with Crippen molar-refractivity contribution in [1.29, 1.82) is 0 Å². The Hall–Kier alpha value is -2.61. The molecule has 0 spiro atoms. The fourth-order valence-electron chi connectivity index (χ4n) is 3.02. The first-order valence-electron chi connectivity index (χ1n) is 9.02. The molecule has 8 heteroatoms. The van der Waals surface area contributed by atoms with Crippen LogP contribution in [0.15, 0.2) is 29.3 Å². The summed E-state index contributed by atoms with van der Waals surface area (Å²) in [5, 5.41) is 5.63. The number of benzene rings is 1. The second-order valence-electron chi connectivity index (χ2n) is 6.61. The molecule has 140 valence electrons. The SMILES string of the molecule is CCOc1ccc(NC(=O)[C@H]2CC(=O)NC(N3CC[NH+](C)CC3)=N2)cc1. The standard InChI is InChI=1S/C18H25N5O3/c1-3-26-14-6-4-13(5-7-14)19-17(25)15-12-16(24)21-18(20-15)23-10-8-22(2)9-11-23/h4-7,15H,3,8-12H2,1-2H3,(H,19,25)(H,20,21,24)/p+1/t15-/m1/s1. The molecule has 26 heavy (non-hydrogen) atoms. The van der Waals surface area contributed by atoms with E-state index in [1.54, 1.807) is 24.3 Å². The van der Waals surface area contributed by atoms with Crippen molar-refractivity contribution >= 4 is 23.5 Å². The summed E-state index contributed by atoms with van der Waals surface area (Å²) >= 11 is 0. The Morgan fingerprint density at radius 3 is 2.69 bits per heavy atom. The van der Waals surface area contributed by atoms with E-state index in [9.17, 15) is 9.59 Å². The zero-order chi connectivity index (χ0) is 18.5. The number of aliphatic imine (C=N–C) groups is 1. The van der Waals surface area contributed by atoms with Crippen LogP contribution >= 0.6 is 0 Å². The summed E-state index contributed by atoms with van der Waals surface area (Å²) in [6.07, 6.45) is 0.0609. The predicted molar refractivity (Wildman–Crippen MR) is 98.4 cm³/mol. The van der Waals surface area contributed by atoms with Crippen LogP contribution in [0.2, 0.25) is 0 Å². The van der Waals surface area contributed by atoms with Crippen LogP contribution in [0, 0.1) is 0 Å². The maximum Gasteiger partial charge on any atom is 0.249 e. The number of carbonyl (C=O) groups is 2. The number of carbonyl (C=O) groups excluding carboxylic acids is 2. The summed E-state index contributed by atoms with van der Waals surface area (Å²) in [6, 6.07) is 6.44. The number of rotatable bonds is 4. The molecule has 1 atom stereocenters. The zero-order valence-corrected chi connectivity index (χ0v) is 15.2. The molecule has 0 unspecified atom stereocenters. The Morgan fingerprint density at radius 2 is 2.04 bits per heavy atom. The monoisotopic (exact) mass is 360 g/mol. The van der Waals surface area contributed by atoms with E-state index in [1.807, 2.05) is 11.8 Å². The van der Waals surface area contributed by atoms with Gasteiger partial charge in [-0.15, -0.1) is 0 Å². The first-order valence-corrected chi connectivity index (χ1v) is 9.02. The van der Waals surface area contributed by atoms with Gasteiger partial charge in [0, 0.05) is 5.69 Å². The molecule has 1 saturated heterocycles. The highest BCUT2D eigenvalue weighted by atomic mass is 16.5. The van der Waals surface area contributed by atoms with Crippen LogP contribution in [0.25, 0.3) is 0 Å². The van der Waals surface area contributed by atoms with Crippen LogP contribution in [-0.4, -0.2) is 68.5 Å². The molecule has 1 aromatic rings. The zero-order valence-electron chi connectivity index (χ0n) is 15.2. The summed E-state index contributed by atoms with van der Waals surface area (Å²) in [7, 11) is 2.14. The first-order chi connectivity index (χ1) is 12.5. The van der Waals surface area contributed by atoms with E-state index in [4.69, 9.17) is 4.74 Å². The molecule has 0 bridgehead atoms. The van der Waals surface area contributed by atoms with Crippen LogP contribution in [0.3, 0.4) is 0 Å². The molecule has 2 heterocycles. The molecular weight excluding hydrogens is 334 g/mol. The highest BCUT2D eigenvalue weighted by Gasteiger charge is 2.30. The van der Waals surface area contributed by atoms with E-state index < -0.39 is 6.04 Å². The Labute approximate surface area is 153 Å². The normalized spacial score (nSPS) is 21.0. The van der Waals surface area contributed by atoms with Gasteiger partial charge in [-0.3, -0.25) is 14.9 Å². The average Bonchev–Trinajstić information content (AvgIpc) is 2.63. The number of guanidine groups is 1. The minimum atomic E-state index is -0.711. The van der Waals surface area contributed by atoms with Crippen LogP contribution in [0.4, 0.5) is 5.69 Å². The Morgan fingerprint density at radius 1 is 1.35 bits per heavy atom. The largest absolute Gasteiger partial charge is 0.494 e. The minimum Gasteiger partial charge on any atom is -0.494 e. The van der Waals surface area contributed by atoms with E-state index in [1.165, 1.54) is 4.90 Å². The molecule has 3 rings (SSSR count). The van der Waals surface area contributed by atoms with Crippen molar-refractivity contribution in [2.24, 2.45) is 4.99 Å². The van der Waals surface area contributed by atoms with E-state index in [0.717, 1.165) is 31.9 Å². The molecule has 8 nitrogen and oxygen atoms in total. The third kappa shape index (κ3) is 4.51. The number of nitrogens with zero attached hydrogens (tertiary/aromatic N) is 2. The van der Waals surface area contributed by atoms with Crippen molar-refractivity contribution in [2.75, 3.05) is 45.2 Å². The summed E-state index contributed by atoms with van der Waals surface area (Å²) in [5.74, 6) is 0.815. The predicted octanol–water partition coefficient (Wildman–Crippen LogP) is -0.901. The number of piperazine rings is 1. The second-order valence-corrected chi connectivity index (χ2v) is 6.61. The molecule has 0 aliphatic carbocycles. The number of hydrogen-bond donors (Lipinski definition) is 3. The number of nitrogens with one attached hydrogen (secondary N) is 3. The molecule has 2 aliphatic heterocycles. The maximum atomic E-state index is 12.6. The van der Waals surface area contributed by atoms with Gasteiger partial charge >= 0.3 is 0 Å². The quantitative estimate of drug-likeness (QED) is 0.649. The average molecular weight is 360 g/mol. The third-order valence-corrected chi connectivity index (χ3v) is 4.56. The van der Waals surface area contributed by atoms with Crippen molar-refractivity contribution in [3.63, 3.8) is 0 Å². The lowest BCUT2D eigenvalue weighted by Crippen LogP contribution is -3.12. The second kappa shape index (κ2) is 8.18. The van der Waals surface area contributed by atoms with E-state index in [0.29, 0.717) is 18.3 Å². The van der Waals surface area contributed by atoms with Gasteiger partial charge in [0.15, 0.2) is 0 Å². The van der Waals surface area contributed by atoms with Crippen LogP contribution in [0.1, 0.15) is 13.3 Å². The van der Waals surface area contributed by atoms with Gasteiger partial charge in [-0.05, 0) is 31.2 Å². The van der Waals surface area contributed by atoms with Crippen molar-refractivity contribution in [3.05, 3.63) is 24.3 Å². The number of anilines is 1. The summed E-state index contributed by atoms with van der Waals surface area (Å²) in [6.45, 7) is 6.11. The van der Waals surface area contributed by atoms with Gasteiger partial charge in [-0.1, -0.05) is 0 Å². The fourth-order valence-corrected chi connectivity index (χ4v) is 3.02. The van der Waals surface area contributed by atoms with Crippen molar-refractivity contribution in [3.8, 4) is 5.75 Å². The molecule has 0 saturated carbocycles. The summed E-state index contributed by atoms with van der Waals surface area (Å²) < 4.78 is 5.39. The van der Waals surface area contributed by atoms with Gasteiger partial charge in [-0.25, -0.2) is 4.99 Å². The molecule has 1 fully saturated rings. The van der Waals surface area contributed by atoms with Gasteiger partial charge in [-0.2, -0.15) is 0 Å². The van der Waals surface area contributed by atoms with Crippen molar-refractivity contribution < 1.29 is 19.2 Å². The highest BCUT2D eigenvalue weighted by Crippen LogP contribution is 2.17. The van der Waals surface area contributed by atoms with Crippen molar-refractivity contribution in [2.45, 2.75) is 19.4 Å². The molecule has 0 aromatic heterocycles. The van der Waals surface area contributed by atoms with Gasteiger partial charge in [0.2, 0.25) is 17.8 Å². The van der Waals surface area contributed by atoms with Crippen molar-refractivity contribution in [1.82, 2.24) is 10.2 Å². The molecule has 3 N–H and O–H groups in total. The topological polar surface area (TPSA) is 87.5 Å². The summed E-state index contributed by atoms with van der Waals surface area (Å²) in [4.78, 5) is 32.6. The van der Waals surface area contributed by atoms with Crippen LogP contribution in [-0.2, 0) is 9.59 Å². The third-order valence-electron chi connectivity index (χ3n) is 4.56. The Kier molecular flexibility index (Phi) is 5.72. The van der Waals surface area contributed by atoms with E-state index in [2.05, 4.69) is 22.7 Å². The number of likely N-dealkylation sites (N-methyl/N-ethyl adjacent to an activating group) is 1. The maximum absolute atomic E-state index is 12.6. The van der Waals surface area contributed by atoms with Crippen LogP contribution in [0.5, 0.6) is 5.75 Å². The fraction of sp³-hybridized carbons (Fsp3) is 0.500.